The van der Waals surface area contributed by atoms with Gasteiger partial charge in [0.15, 0.2) is 0 Å². The molecule has 1 aliphatic heterocycles. The van der Waals surface area contributed by atoms with Crippen LogP contribution in [0, 0.1) is 0 Å². The van der Waals surface area contributed by atoms with Crippen molar-refractivity contribution in [2.24, 2.45) is 0 Å². The number of hydrogen-bond acceptors (Lipinski definition) is 3. The number of carbonyl (C=O) groups is 2. The van der Waals surface area contributed by atoms with Gasteiger partial charge in [-0.15, -0.1) is 0 Å². The first-order valence-electron chi connectivity index (χ1n) is 6.89. The van der Waals surface area contributed by atoms with Crippen molar-refractivity contribution in [3.05, 3.63) is 0 Å². The number of hydrogen-bond donors (Lipinski definition) is 2. The van der Waals surface area contributed by atoms with Crippen LogP contribution in [0.5, 0.6) is 0 Å². The van der Waals surface area contributed by atoms with Gasteiger partial charge in [-0.25, -0.2) is 9.59 Å². The van der Waals surface area contributed by atoms with E-state index in [-0.39, 0.29) is 12.1 Å². The SMILES string of the molecule is CCCCC(NC(=O)N1CCSC(C)C1C)C(=O)O. The van der Waals surface area contributed by atoms with Gasteiger partial charge >= 0.3 is 12.0 Å². The van der Waals surface area contributed by atoms with Gasteiger partial charge in [-0.3, -0.25) is 0 Å². The Kier molecular flexibility index (Phi) is 6.48. The third-order valence-corrected chi connectivity index (χ3v) is 4.92. The molecule has 5 nitrogen and oxygen atoms in total. The highest BCUT2D eigenvalue weighted by Crippen LogP contribution is 2.24. The summed E-state index contributed by atoms with van der Waals surface area (Å²) < 4.78 is 0. The van der Waals surface area contributed by atoms with E-state index in [0.717, 1.165) is 18.6 Å². The van der Waals surface area contributed by atoms with E-state index in [4.69, 9.17) is 5.11 Å². The van der Waals surface area contributed by atoms with E-state index in [1.807, 2.05) is 25.6 Å². The second kappa shape index (κ2) is 7.62. The summed E-state index contributed by atoms with van der Waals surface area (Å²) in [6.07, 6.45) is 2.22. The molecule has 3 atom stereocenters. The number of unbranched alkanes of at least 4 members (excludes halogenated alkanes) is 1. The highest BCUT2D eigenvalue weighted by atomic mass is 32.2. The number of rotatable bonds is 5. The topological polar surface area (TPSA) is 69.6 Å². The molecule has 1 heterocycles. The van der Waals surface area contributed by atoms with Crippen molar-refractivity contribution in [2.75, 3.05) is 12.3 Å². The van der Waals surface area contributed by atoms with Crippen LogP contribution < -0.4 is 5.32 Å². The maximum atomic E-state index is 12.2. The van der Waals surface area contributed by atoms with E-state index in [0.29, 0.717) is 18.2 Å². The molecule has 2 amide bonds. The van der Waals surface area contributed by atoms with Crippen molar-refractivity contribution >= 4 is 23.8 Å². The molecule has 1 saturated heterocycles. The number of urea groups is 1. The summed E-state index contributed by atoms with van der Waals surface area (Å²) in [5, 5.41) is 12.2. The number of aliphatic carboxylic acids is 1. The van der Waals surface area contributed by atoms with Gasteiger partial charge in [0.05, 0.1) is 0 Å². The fraction of sp³-hybridized carbons (Fsp3) is 0.846. The minimum Gasteiger partial charge on any atom is -0.480 e. The van der Waals surface area contributed by atoms with Crippen molar-refractivity contribution in [1.29, 1.82) is 0 Å². The van der Waals surface area contributed by atoms with Gasteiger partial charge in [-0.1, -0.05) is 26.7 Å². The Morgan fingerprint density at radius 2 is 2.16 bits per heavy atom. The van der Waals surface area contributed by atoms with E-state index >= 15 is 0 Å². The van der Waals surface area contributed by atoms with Crippen molar-refractivity contribution in [2.45, 2.75) is 57.4 Å². The number of amides is 2. The number of nitrogens with one attached hydrogen (secondary N) is 1. The smallest absolute Gasteiger partial charge is 0.326 e. The van der Waals surface area contributed by atoms with Crippen LogP contribution in [0.1, 0.15) is 40.0 Å². The van der Waals surface area contributed by atoms with Gasteiger partial charge < -0.3 is 15.3 Å². The molecule has 0 bridgehead atoms. The minimum atomic E-state index is -0.950. The summed E-state index contributed by atoms with van der Waals surface area (Å²) in [5.74, 6) is -0.0417. The van der Waals surface area contributed by atoms with Gasteiger partial charge in [0, 0.05) is 23.6 Å². The quantitative estimate of drug-likeness (QED) is 0.813. The molecule has 0 aromatic carbocycles. The van der Waals surface area contributed by atoms with Crippen molar-refractivity contribution in [3.8, 4) is 0 Å². The molecule has 110 valence electrons. The molecular weight excluding hydrogens is 264 g/mol. The fourth-order valence-electron chi connectivity index (χ4n) is 2.12. The summed E-state index contributed by atoms with van der Waals surface area (Å²) in [6, 6.07) is -0.882. The van der Waals surface area contributed by atoms with Gasteiger partial charge in [0.2, 0.25) is 0 Å². The largest absolute Gasteiger partial charge is 0.480 e. The molecule has 19 heavy (non-hydrogen) atoms. The van der Waals surface area contributed by atoms with E-state index in [1.54, 1.807) is 4.90 Å². The zero-order valence-electron chi connectivity index (χ0n) is 11.9. The molecule has 0 aromatic rings. The zero-order chi connectivity index (χ0) is 14.4. The molecule has 2 N–H and O–H groups in total. The van der Waals surface area contributed by atoms with Crippen LogP contribution >= 0.6 is 11.8 Å². The lowest BCUT2D eigenvalue weighted by atomic mass is 10.1. The van der Waals surface area contributed by atoms with E-state index < -0.39 is 12.0 Å². The summed E-state index contributed by atoms with van der Waals surface area (Å²) in [5.41, 5.74) is 0. The average molecular weight is 288 g/mol. The highest BCUT2D eigenvalue weighted by Gasteiger charge is 2.30. The molecule has 1 rings (SSSR count). The number of carbonyl (C=O) groups excluding carboxylic acids is 1. The molecular formula is C13H24N2O3S. The van der Waals surface area contributed by atoms with Crippen molar-refractivity contribution < 1.29 is 14.7 Å². The van der Waals surface area contributed by atoms with Gasteiger partial charge in [-0.2, -0.15) is 11.8 Å². The monoisotopic (exact) mass is 288 g/mol. The van der Waals surface area contributed by atoms with Crippen LogP contribution in [0.3, 0.4) is 0 Å². The standard InChI is InChI=1S/C13H24N2O3S/c1-4-5-6-11(12(16)17)14-13(18)15-7-8-19-10(3)9(15)2/h9-11H,4-8H2,1-3H3,(H,14,18)(H,16,17). The molecule has 1 aliphatic rings. The lowest BCUT2D eigenvalue weighted by Gasteiger charge is -2.37. The van der Waals surface area contributed by atoms with E-state index in [2.05, 4.69) is 12.2 Å². The number of thioether (sulfide) groups is 1. The fourth-order valence-corrected chi connectivity index (χ4v) is 3.22. The maximum Gasteiger partial charge on any atom is 0.326 e. The van der Waals surface area contributed by atoms with Crippen LogP contribution in [-0.4, -0.2) is 51.6 Å². The first-order chi connectivity index (χ1) is 8.97. The lowest BCUT2D eigenvalue weighted by Crippen LogP contribution is -2.55. The predicted octanol–water partition coefficient (Wildman–Crippen LogP) is 2.17. The molecule has 0 aliphatic carbocycles. The van der Waals surface area contributed by atoms with Crippen LogP contribution in [-0.2, 0) is 4.79 Å². The second-order valence-corrected chi connectivity index (χ2v) is 6.48. The summed E-state index contributed by atoms with van der Waals surface area (Å²) >= 11 is 1.85. The summed E-state index contributed by atoms with van der Waals surface area (Å²) in [7, 11) is 0. The lowest BCUT2D eigenvalue weighted by molar-refractivity contribution is -0.139. The molecule has 0 aromatic heterocycles. The predicted molar refractivity (Wildman–Crippen MR) is 77.6 cm³/mol. The van der Waals surface area contributed by atoms with E-state index in [1.165, 1.54) is 0 Å². The second-order valence-electron chi connectivity index (χ2n) is 4.99. The number of carboxylic acid groups (broad SMARTS) is 1. The molecule has 0 radical (unpaired) electrons. The maximum absolute atomic E-state index is 12.2. The van der Waals surface area contributed by atoms with Crippen LogP contribution in [0.4, 0.5) is 4.79 Å². The minimum absolute atomic E-state index is 0.138. The number of carboxylic acids is 1. The molecule has 3 unspecified atom stereocenters. The Bertz CT molecular complexity index is 325. The van der Waals surface area contributed by atoms with Gasteiger partial charge in [0.25, 0.3) is 0 Å². The van der Waals surface area contributed by atoms with Gasteiger partial charge in [0.1, 0.15) is 6.04 Å². The van der Waals surface area contributed by atoms with Crippen LogP contribution in [0.2, 0.25) is 0 Å². The van der Waals surface area contributed by atoms with Gasteiger partial charge in [-0.05, 0) is 13.3 Å². The van der Waals surface area contributed by atoms with Crippen LogP contribution in [0.25, 0.3) is 0 Å². The molecule has 0 spiro atoms. The summed E-state index contributed by atoms with van der Waals surface area (Å²) in [6.45, 7) is 6.80. The Hall–Kier alpha value is -0.910. The first-order valence-corrected chi connectivity index (χ1v) is 7.93. The highest BCUT2D eigenvalue weighted by molar-refractivity contribution is 8.00. The normalized spacial score (nSPS) is 24.9. The average Bonchev–Trinajstić information content (AvgIpc) is 2.37. The third-order valence-electron chi connectivity index (χ3n) is 3.59. The third kappa shape index (κ3) is 4.60. The molecule has 1 fully saturated rings. The first kappa shape index (κ1) is 16.1. The van der Waals surface area contributed by atoms with Crippen molar-refractivity contribution in [3.63, 3.8) is 0 Å². The Morgan fingerprint density at radius 3 is 2.74 bits per heavy atom. The Balaban J connectivity index is 2.58. The van der Waals surface area contributed by atoms with E-state index in [9.17, 15) is 9.59 Å². The Labute approximate surface area is 119 Å². The summed E-state index contributed by atoms with van der Waals surface area (Å²) in [4.78, 5) is 25.1. The Morgan fingerprint density at radius 1 is 1.47 bits per heavy atom. The number of nitrogens with zero attached hydrogens (tertiary/aromatic N) is 1. The van der Waals surface area contributed by atoms with Crippen molar-refractivity contribution in [1.82, 2.24) is 10.2 Å². The molecule has 0 saturated carbocycles. The zero-order valence-corrected chi connectivity index (χ0v) is 12.7. The van der Waals surface area contributed by atoms with Crippen LogP contribution in [0.15, 0.2) is 0 Å². The molecule has 6 heteroatoms.